The summed E-state index contributed by atoms with van der Waals surface area (Å²) in [5.74, 6) is 0. The molecule has 2 N–H and O–H groups in total. The van der Waals surface area contributed by atoms with Crippen LogP contribution in [0.1, 0.15) is 20.3 Å². The summed E-state index contributed by atoms with van der Waals surface area (Å²) < 4.78 is 0. The van der Waals surface area contributed by atoms with Gasteiger partial charge in [-0.15, -0.1) is 0 Å². The number of hydrogen-bond acceptors (Lipinski definition) is 2. The van der Waals surface area contributed by atoms with Crippen LogP contribution < -0.4 is 5.32 Å². The number of nitrogens with one attached hydrogen (secondary N) is 1. The zero-order valence-electron chi connectivity index (χ0n) is 5.15. The topological polar surface area (TPSA) is 32.3 Å². The van der Waals surface area contributed by atoms with E-state index in [2.05, 4.69) is 5.32 Å². The average Bonchev–Trinajstić information content (AvgIpc) is 1.68. The first-order valence-corrected chi connectivity index (χ1v) is 2.53. The van der Waals surface area contributed by atoms with Crippen molar-refractivity contribution in [2.45, 2.75) is 26.0 Å². The van der Waals surface area contributed by atoms with Crippen LogP contribution in [-0.2, 0) is 0 Å². The first-order valence-electron chi connectivity index (χ1n) is 2.53. The highest BCUT2D eigenvalue weighted by Crippen LogP contribution is 1.99. The molecule has 0 aromatic carbocycles. The van der Waals surface area contributed by atoms with E-state index in [1.165, 1.54) is 0 Å². The highest BCUT2D eigenvalue weighted by atomic mass is 16.3. The van der Waals surface area contributed by atoms with Gasteiger partial charge in [0.15, 0.2) is 0 Å². The Hall–Kier alpha value is -0.0800. The number of hydrogen-bond donors (Lipinski definition) is 2. The third kappa shape index (κ3) is 2.60. The van der Waals surface area contributed by atoms with Crippen molar-refractivity contribution in [2.75, 3.05) is 7.05 Å². The molecule has 7 heavy (non-hydrogen) atoms. The van der Waals surface area contributed by atoms with Gasteiger partial charge in [-0.2, -0.15) is 0 Å². The molecular weight excluding hydrogens is 90.1 g/mol. The monoisotopic (exact) mass is 103 g/mol. The smallest absolute Gasteiger partial charge is 0.112 e. The lowest BCUT2D eigenvalue weighted by Gasteiger charge is -2.19. The minimum absolute atomic E-state index is 0.667. The molecule has 2 heteroatoms. The van der Waals surface area contributed by atoms with Crippen LogP contribution in [0.2, 0.25) is 0 Å². The maximum Gasteiger partial charge on any atom is 0.112 e. The molecule has 0 rings (SSSR count). The van der Waals surface area contributed by atoms with Crippen LogP contribution in [-0.4, -0.2) is 17.9 Å². The fraction of sp³-hybridized carbons (Fsp3) is 1.00. The van der Waals surface area contributed by atoms with Crippen LogP contribution in [0, 0.1) is 0 Å². The van der Waals surface area contributed by atoms with Crippen molar-refractivity contribution in [3.63, 3.8) is 0 Å². The van der Waals surface area contributed by atoms with Gasteiger partial charge in [0, 0.05) is 0 Å². The lowest BCUT2D eigenvalue weighted by molar-refractivity contribution is 0.0284. The van der Waals surface area contributed by atoms with Gasteiger partial charge >= 0.3 is 0 Å². The summed E-state index contributed by atoms with van der Waals surface area (Å²) in [5.41, 5.74) is -0.667. The summed E-state index contributed by atoms with van der Waals surface area (Å²) in [6, 6.07) is 0. The zero-order chi connectivity index (χ0) is 5.91. The Morgan fingerprint density at radius 1 is 1.71 bits per heavy atom. The molecule has 1 unspecified atom stereocenters. The van der Waals surface area contributed by atoms with Crippen LogP contribution in [0.15, 0.2) is 0 Å². The van der Waals surface area contributed by atoms with E-state index in [1.54, 1.807) is 14.0 Å². The summed E-state index contributed by atoms with van der Waals surface area (Å²) in [4.78, 5) is 0. The van der Waals surface area contributed by atoms with E-state index in [0.29, 0.717) is 0 Å². The van der Waals surface area contributed by atoms with Gasteiger partial charge in [-0.25, -0.2) is 0 Å². The summed E-state index contributed by atoms with van der Waals surface area (Å²) in [6.07, 6.45) is 0.740. The second-order valence-electron chi connectivity index (χ2n) is 1.88. The molecule has 0 saturated heterocycles. The highest BCUT2D eigenvalue weighted by Gasteiger charge is 2.11. The van der Waals surface area contributed by atoms with Gasteiger partial charge in [-0.1, -0.05) is 6.92 Å². The third-order valence-electron chi connectivity index (χ3n) is 1.23. The van der Waals surface area contributed by atoms with Crippen molar-refractivity contribution in [1.29, 1.82) is 0 Å². The van der Waals surface area contributed by atoms with Gasteiger partial charge < -0.3 is 5.11 Å². The Bertz CT molecular complexity index is 46.0. The molecule has 1 atom stereocenters. The van der Waals surface area contributed by atoms with Crippen LogP contribution in [0.4, 0.5) is 0 Å². The minimum atomic E-state index is -0.667. The maximum atomic E-state index is 9.02. The van der Waals surface area contributed by atoms with E-state index < -0.39 is 5.72 Å². The van der Waals surface area contributed by atoms with Gasteiger partial charge in [-0.3, -0.25) is 5.32 Å². The highest BCUT2D eigenvalue weighted by molar-refractivity contribution is 4.61. The van der Waals surface area contributed by atoms with E-state index in [0.717, 1.165) is 6.42 Å². The molecule has 0 heterocycles. The van der Waals surface area contributed by atoms with Crippen molar-refractivity contribution in [3.05, 3.63) is 0 Å². The van der Waals surface area contributed by atoms with Crippen molar-refractivity contribution in [1.82, 2.24) is 5.32 Å². The van der Waals surface area contributed by atoms with Crippen LogP contribution in [0.3, 0.4) is 0 Å². The van der Waals surface area contributed by atoms with Crippen molar-refractivity contribution < 1.29 is 5.11 Å². The molecular formula is C5H13NO. The number of rotatable bonds is 2. The molecule has 0 aromatic heterocycles. The molecule has 0 fully saturated rings. The predicted molar refractivity (Wildman–Crippen MR) is 30.0 cm³/mol. The Balaban J connectivity index is 3.36. The maximum absolute atomic E-state index is 9.02. The first kappa shape index (κ1) is 6.92. The van der Waals surface area contributed by atoms with Crippen molar-refractivity contribution >= 4 is 0 Å². The summed E-state index contributed by atoms with van der Waals surface area (Å²) >= 11 is 0. The van der Waals surface area contributed by atoms with Crippen LogP contribution in [0.5, 0.6) is 0 Å². The molecule has 0 spiro atoms. The van der Waals surface area contributed by atoms with E-state index >= 15 is 0 Å². The lowest BCUT2D eigenvalue weighted by Crippen LogP contribution is -2.38. The largest absolute Gasteiger partial charge is 0.376 e. The molecule has 0 radical (unpaired) electrons. The summed E-state index contributed by atoms with van der Waals surface area (Å²) in [5, 5.41) is 11.8. The molecule has 0 aliphatic rings. The van der Waals surface area contributed by atoms with Crippen LogP contribution in [0.25, 0.3) is 0 Å². The van der Waals surface area contributed by atoms with Crippen molar-refractivity contribution in [3.8, 4) is 0 Å². The average molecular weight is 103 g/mol. The number of aliphatic hydroxyl groups is 1. The molecule has 0 saturated carbocycles. The van der Waals surface area contributed by atoms with Crippen LogP contribution >= 0.6 is 0 Å². The standard InChI is InChI=1S/C5H13NO/c1-4-5(2,7)6-3/h6-7H,4H2,1-3H3. The normalized spacial score (nSPS) is 18.9. The second kappa shape index (κ2) is 2.28. The quantitative estimate of drug-likeness (QED) is 0.493. The zero-order valence-corrected chi connectivity index (χ0v) is 5.15. The molecule has 0 aliphatic carbocycles. The third-order valence-corrected chi connectivity index (χ3v) is 1.23. The van der Waals surface area contributed by atoms with Gasteiger partial charge in [0.25, 0.3) is 0 Å². The Morgan fingerprint density at radius 2 is 2.14 bits per heavy atom. The predicted octanol–water partition coefficient (Wildman–Crippen LogP) is 0.324. The Morgan fingerprint density at radius 3 is 2.14 bits per heavy atom. The second-order valence-corrected chi connectivity index (χ2v) is 1.88. The fourth-order valence-electron chi connectivity index (χ4n) is 0.177. The van der Waals surface area contributed by atoms with E-state index in [4.69, 9.17) is 5.11 Å². The van der Waals surface area contributed by atoms with Gasteiger partial charge in [0.2, 0.25) is 0 Å². The molecule has 0 aliphatic heterocycles. The SMILES string of the molecule is CCC(C)(O)NC. The van der Waals surface area contributed by atoms with E-state index in [1.807, 2.05) is 6.92 Å². The van der Waals surface area contributed by atoms with Gasteiger partial charge in [0.1, 0.15) is 5.72 Å². The van der Waals surface area contributed by atoms with Gasteiger partial charge in [-0.05, 0) is 20.4 Å². The summed E-state index contributed by atoms with van der Waals surface area (Å²) in [6.45, 7) is 3.67. The molecule has 0 bridgehead atoms. The Labute approximate surface area is 44.5 Å². The van der Waals surface area contributed by atoms with Crippen molar-refractivity contribution in [2.24, 2.45) is 0 Å². The van der Waals surface area contributed by atoms with Gasteiger partial charge in [0.05, 0.1) is 0 Å². The van der Waals surface area contributed by atoms with E-state index in [-0.39, 0.29) is 0 Å². The van der Waals surface area contributed by atoms with E-state index in [9.17, 15) is 0 Å². The molecule has 2 nitrogen and oxygen atoms in total. The Kier molecular flexibility index (Phi) is 2.26. The lowest BCUT2D eigenvalue weighted by atomic mass is 10.2. The first-order chi connectivity index (χ1) is 3.12. The minimum Gasteiger partial charge on any atom is -0.376 e. The molecule has 0 aromatic rings. The summed E-state index contributed by atoms with van der Waals surface area (Å²) in [7, 11) is 1.74. The molecule has 44 valence electrons. The fourth-order valence-corrected chi connectivity index (χ4v) is 0.177. The molecule has 0 amide bonds.